The smallest absolute Gasteiger partial charge is 0.259 e. The molecule has 1 aliphatic carbocycles. The molecule has 1 aliphatic heterocycles. The van der Waals surface area contributed by atoms with Crippen molar-refractivity contribution in [2.75, 3.05) is 19.7 Å². The van der Waals surface area contributed by atoms with E-state index in [4.69, 9.17) is 19.0 Å². The van der Waals surface area contributed by atoms with E-state index >= 15 is 0 Å². The zero-order chi connectivity index (χ0) is 16.7. The quantitative estimate of drug-likeness (QED) is 0.207. The van der Waals surface area contributed by atoms with E-state index in [1.165, 1.54) is 0 Å². The number of nitriles is 1. The Hall–Kier alpha value is 0.812. The van der Waals surface area contributed by atoms with Crippen LogP contribution in [0.1, 0.15) is 59.3 Å². The van der Waals surface area contributed by atoms with E-state index in [9.17, 15) is 0 Å². The Morgan fingerprint density at radius 3 is 2.54 bits per heavy atom. The summed E-state index contributed by atoms with van der Waals surface area (Å²) in [5.41, 5.74) is -0.159. The van der Waals surface area contributed by atoms with Crippen molar-refractivity contribution in [2.45, 2.75) is 71.0 Å². The van der Waals surface area contributed by atoms with Crippen LogP contribution in [0.4, 0.5) is 0 Å². The molecule has 0 N–H and O–H groups in total. The van der Waals surface area contributed by atoms with E-state index in [0.29, 0.717) is 18.9 Å². The molecule has 0 aromatic carbocycles. The summed E-state index contributed by atoms with van der Waals surface area (Å²) >= 11 is 0. The monoisotopic (exact) mass is 579 g/mol. The van der Waals surface area contributed by atoms with Gasteiger partial charge >= 0.3 is 0 Å². The molecule has 0 amide bonds. The second-order valence-corrected chi connectivity index (χ2v) is 7.84. The predicted octanol–water partition coefficient (Wildman–Crippen LogP) is 4.40. The molecule has 24 heavy (non-hydrogen) atoms. The van der Waals surface area contributed by atoms with Crippen LogP contribution in [-0.2, 0) is 13.8 Å². The molecule has 4 atom stereocenters. The summed E-state index contributed by atoms with van der Waals surface area (Å²) in [6, 6.07) is 2.15. The van der Waals surface area contributed by atoms with Gasteiger partial charge in [0.05, 0.1) is 30.8 Å². The third-order valence-electron chi connectivity index (χ3n) is 4.70. The molecule has 0 spiro atoms. The number of rotatable bonds is 11. The van der Waals surface area contributed by atoms with Gasteiger partial charge in [0.2, 0.25) is 0 Å². The maximum atomic E-state index is 8.78. The zero-order valence-electron chi connectivity index (χ0n) is 15.2. The van der Waals surface area contributed by atoms with Gasteiger partial charge in [0.25, 0.3) is 8.53 Å². The molecule has 1 saturated heterocycles. The zero-order valence-corrected chi connectivity index (χ0v) is 20.2. The molecule has 7 heteroatoms. The number of ether oxygens (including phenoxy) is 1. The molecule has 0 radical (unpaired) electrons. The van der Waals surface area contributed by atoms with Crippen LogP contribution in [0.25, 0.3) is 0 Å². The van der Waals surface area contributed by atoms with Crippen LogP contribution in [0.5, 0.6) is 0 Å². The third kappa shape index (κ3) is 5.40. The van der Waals surface area contributed by atoms with E-state index in [1.807, 2.05) is 6.61 Å². The van der Waals surface area contributed by atoms with Crippen LogP contribution in [0.3, 0.4) is 0 Å². The maximum absolute atomic E-state index is 8.78. The number of hydrogen-bond acceptors (Lipinski definition) is 5. The molecular weight excluding hydrogens is 549 g/mol. The van der Waals surface area contributed by atoms with E-state index in [2.05, 4.69) is 31.5 Å². The van der Waals surface area contributed by atoms with E-state index in [1.54, 1.807) is 0 Å². The molecule has 1 saturated carbocycles. The Labute approximate surface area is 172 Å². The largest absolute Gasteiger partial charge is 0.545 e. The Balaban J connectivity index is 0.00000288. The molecule has 1 heterocycles. The molecule has 2 rings (SSSR count). The first-order valence-electron chi connectivity index (χ1n) is 8.93. The molecule has 0 aromatic heterocycles. The topological polar surface area (TPSA) is 54.7 Å². The van der Waals surface area contributed by atoms with Crippen molar-refractivity contribution in [3.05, 3.63) is 6.61 Å². The van der Waals surface area contributed by atoms with Gasteiger partial charge in [0, 0.05) is 44.2 Å². The van der Waals surface area contributed by atoms with Gasteiger partial charge < -0.3 is 13.8 Å². The number of hydrogen-bond donors (Lipinski definition) is 0. The number of nitrogens with zero attached hydrogens (tertiary/aromatic N) is 2. The minimum absolute atomic E-state index is 0. The maximum Gasteiger partial charge on any atom is 0.259 e. The van der Waals surface area contributed by atoms with Crippen LogP contribution >= 0.6 is 8.53 Å². The fraction of sp³-hybridized carbons (Fsp3) is 0.882. The van der Waals surface area contributed by atoms with Gasteiger partial charge in [-0.2, -0.15) is 5.26 Å². The van der Waals surface area contributed by atoms with Crippen molar-refractivity contribution in [2.24, 2.45) is 5.92 Å². The molecule has 136 valence electrons. The third-order valence-corrected chi connectivity index (χ3v) is 6.37. The molecule has 2 bridgehead atoms. The first kappa shape index (κ1) is 22.9. The van der Waals surface area contributed by atoms with Crippen molar-refractivity contribution >= 4 is 8.53 Å². The minimum atomic E-state index is -1.13. The summed E-state index contributed by atoms with van der Waals surface area (Å²) in [7, 11) is -1.13. The van der Waals surface area contributed by atoms with Crippen molar-refractivity contribution < 1.29 is 44.9 Å². The molecular formula is C17H30N2O3PU-. The van der Waals surface area contributed by atoms with Crippen LogP contribution in [0, 0.1) is 55.0 Å². The predicted molar refractivity (Wildman–Crippen MR) is 91.3 cm³/mol. The summed E-state index contributed by atoms with van der Waals surface area (Å²) < 4.78 is 20.8. The van der Waals surface area contributed by atoms with Crippen molar-refractivity contribution in [1.82, 2.24) is 4.67 Å². The minimum Gasteiger partial charge on any atom is -0.545 e. The van der Waals surface area contributed by atoms with Crippen LogP contribution < -0.4 is 0 Å². The van der Waals surface area contributed by atoms with Gasteiger partial charge in [0.15, 0.2) is 0 Å². The van der Waals surface area contributed by atoms with Gasteiger partial charge in [-0.1, -0.05) is 27.2 Å². The molecule has 2 aliphatic rings. The Bertz CT molecular complexity index is 394. The Morgan fingerprint density at radius 1 is 1.33 bits per heavy atom. The average molecular weight is 579 g/mol. The molecule has 5 nitrogen and oxygen atoms in total. The van der Waals surface area contributed by atoms with Crippen LogP contribution in [0.15, 0.2) is 0 Å². The molecule has 2 fully saturated rings. The standard InChI is InChI=1S/C17H30N2O3P.U/c1-4-11-19(12-5-2)23(21-13-7-10-18)22-16-15-8-9-17(16,6-3)20-14-15;/h14-16H,4-9,11-13H2,1-3H3;/q-1;/t15-,16-,17-,23?;/m0./s1. The van der Waals surface area contributed by atoms with E-state index < -0.39 is 8.53 Å². The van der Waals surface area contributed by atoms with E-state index in [-0.39, 0.29) is 42.8 Å². The van der Waals surface area contributed by atoms with E-state index in [0.717, 1.165) is 45.2 Å². The molecule has 1 unspecified atom stereocenters. The summed E-state index contributed by atoms with van der Waals surface area (Å²) in [4.78, 5) is 0. The van der Waals surface area contributed by atoms with Gasteiger partial charge in [-0.15, -0.1) is 5.92 Å². The van der Waals surface area contributed by atoms with Crippen molar-refractivity contribution in [1.29, 1.82) is 5.26 Å². The normalized spacial score (nSPS) is 29.5. The molecule has 0 aromatic rings. The fourth-order valence-corrected chi connectivity index (χ4v) is 5.33. The van der Waals surface area contributed by atoms with Crippen LogP contribution in [-0.4, -0.2) is 36.1 Å². The Kier molecular flexibility index (Phi) is 11.0. The first-order valence-corrected chi connectivity index (χ1v) is 10.1. The van der Waals surface area contributed by atoms with Crippen molar-refractivity contribution in [3.8, 4) is 6.07 Å². The summed E-state index contributed by atoms with van der Waals surface area (Å²) in [6.07, 6.45) is 5.81. The second-order valence-electron chi connectivity index (χ2n) is 6.33. The fourth-order valence-electron chi connectivity index (χ4n) is 3.46. The van der Waals surface area contributed by atoms with Gasteiger partial charge in [-0.05, 0) is 25.7 Å². The van der Waals surface area contributed by atoms with Crippen LogP contribution in [0.2, 0.25) is 0 Å². The second kappa shape index (κ2) is 11.5. The summed E-state index contributed by atoms with van der Waals surface area (Å²) in [6.45, 7) is 10.9. The summed E-state index contributed by atoms with van der Waals surface area (Å²) in [5, 5.41) is 8.78. The van der Waals surface area contributed by atoms with Gasteiger partial charge in [-0.25, -0.2) is 11.3 Å². The van der Waals surface area contributed by atoms with Gasteiger partial charge in [0.1, 0.15) is 0 Å². The van der Waals surface area contributed by atoms with Gasteiger partial charge in [-0.3, -0.25) is 0 Å². The number of fused-ring (bicyclic) bond motifs is 2. The Morgan fingerprint density at radius 2 is 2.04 bits per heavy atom. The SMILES string of the molecule is CCCN(CCC)P(OCCC#N)O[C@H]1[C@@H]2[CH-]O[C@@]1(CC)CC2.[U]. The first-order chi connectivity index (χ1) is 11.2. The summed E-state index contributed by atoms with van der Waals surface area (Å²) in [5.74, 6) is 0.379. The van der Waals surface area contributed by atoms with Crippen molar-refractivity contribution in [3.63, 3.8) is 0 Å². The average Bonchev–Trinajstić information content (AvgIpc) is 3.09.